The van der Waals surface area contributed by atoms with E-state index in [1.807, 2.05) is 12.2 Å². The van der Waals surface area contributed by atoms with E-state index in [1.54, 1.807) is 0 Å². The monoisotopic (exact) mass is 617 g/mol. The van der Waals surface area contributed by atoms with E-state index in [2.05, 4.69) is 19.9 Å². The van der Waals surface area contributed by atoms with Crippen LogP contribution in [0.5, 0.6) is 0 Å². The zero-order chi connectivity index (χ0) is 32.0. The molecule has 0 rings (SSSR count). The fourth-order valence-electron chi connectivity index (χ4n) is 6.37. The summed E-state index contributed by atoms with van der Waals surface area (Å²) in [5.74, 6) is -0.778. The van der Waals surface area contributed by atoms with E-state index < -0.39 is 5.97 Å². The van der Waals surface area contributed by atoms with Gasteiger partial charge in [0.05, 0.1) is 5.57 Å². The minimum atomic E-state index is -0.778. The van der Waals surface area contributed by atoms with Gasteiger partial charge in [0.15, 0.2) is 0 Å². The summed E-state index contributed by atoms with van der Waals surface area (Å²) >= 11 is 0. The van der Waals surface area contributed by atoms with Crippen LogP contribution in [0.4, 0.5) is 0 Å². The molecule has 0 unspecified atom stereocenters. The molecule has 0 atom stereocenters. The van der Waals surface area contributed by atoms with E-state index >= 15 is 0 Å². The van der Waals surface area contributed by atoms with Gasteiger partial charge in [-0.15, -0.1) is 0 Å². The summed E-state index contributed by atoms with van der Waals surface area (Å²) < 4.78 is 0. The number of hydrogen-bond acceptors (Lipinski definition) is 1. The van der Waals surface area contributed by atoms with Crippen LogP contribution in [0.3, 0.4) is 0 Å². The smallest absolute Gasteiger partial charge is 0.335 e. The number of unbranched alkanes of at least 4 members (excludes halogenated alkanes) is 33. The summed E-state index contributed by atoms with van der Waals surface area (Å²) in [4.78, 5) is 11.6. The maximum atomic E-state index is 11.6. The van der Waals surface area contributed by atoms with Gasteiger partial charge in [0.2, 0.25) is 0 Å². The van der Waals surface area contributed by atoms with Gasteiger partial charge in [0.25, 0.3) is 0 Å². The van der Waals surface area contributed by atoms with Gasteiger partial charge >= 0.3 is 5.97 Å². The second-order valence-corrected chi connectivity index (χ2v) is 13.9. The van der Waals surface area contributed by atoms with Gasteiger partial charge in [0.1, 0.15) is 0 Å². The second kappa shape index (κ2) is 38.1. The maximum absolute atomic E-state index is 11.6. The fraction of sp³-hybridized carbons (Fsp3) is 0.881. The first-order valence-electron chi connectivity index (χ1n) is 20.3. The number of aliphatic carboxylic acids is 1. The molecule has 1 N–H and O–H groups in total. The van der Waals surface area contributed by atoms with Gasteiger partial charge in [-0.2, -0.15) is 0 Å². The zero-order valence-electron chi connectivity index (χ0n) is 30.3. The van der Waals surface area contributed by atoms with Crippen molar-refractivity contribution in [3.63, 3.8) is 0 Å². The average molecular weight is 617 g/mol. The SMILES string of the molecule is CCCCCCCCCCCCCCCCCCC=CC(=CCCCCCCCCCCCCCCCCCCC)C(=O)O. The summed E-state index contributed by atoms with van der Waals surface area (Å²) in [7, 11) is 0. The van der Waals surface area contributed by atoms with Crippen LogP contribution >= 0.6 is 0 Å². The summed E-state index contributed by atoms with van der Waals surface area (Å²) in [6.07, 6.45) is 53.4. The molecule has 0 aromatic rings. The lowest BCUT2D eigenvalue weighted by Gasteiger charge is -2.03. The molecule has 0 aromatic heterocycles. The van der Waals surface area contributed by atoms with Gasteiger partial charge in [-0.05, 0) is 25.7 Å². The summed E-state index contributed by atoms with van der Waals surface area (Å²) in [6, 6.07) is 0. The van der Waals surface area contributed by atoms with E-state index in [4.69, 9.17) is 0 Å². The molecule has 0 saturated carbocycles. The first-order chi connectivity index (χ1) is 21.7. The molecule has 0 radical (unpaired) electrons. The molecule has 0 fully saturated rings. The van der Waals surface area contributed by atoms with Crippen molar-refractivity contribution in [3.05, 3.63) is 23.8 Å². The van der Waals surface area contributed by atoms with Crippen molar-refractivity contribution in [2.45, 2.75) is 239 Å². The highest BCUT2D eigenvalue weighted by Gasteiger charge is 2.02. The fourth-order valence-corrected chi connectivity index (χ4v) is 6.37. The van der Waals surface area contributed by atoms with Crippen LogP contribution in [0.1, 0.15) is 239 Å². The molecule has 2 nitrogen and oxygen atoms in total. The third-order valence-corrected chi connectivity index (χ3v) is 9.44. The normalized spacial score (nSPS) is 12.1. The van der Waals surface area contributed by atoms with Crippen LogP contribution in [0.2, 0.25) is 0 Å². The van der Waals surface area contributed by atoms with Crippen LogP contribution in [0.25, 0.3) is 0 Å². The summed E-state index contributed by atoms with van der Waals surface area (Å²) in [5.41, 5.74) is 0.484. The molecular formula is C42H80O2. The summed E-state index contributed by atoms with van der Waals surface area (Å²) in [6.45, 7) is 4.58. The molecule has 44 heavy (non-hydrogen) atoms. The molecule has 260 valence electrons. The molecule has 0 aliphatic rings. The van der Waals surface area contributed by atoms with Crippen LogP contribution in [0.15, 0.2) is 23.8 Å². The quantitative estimate of drug-likeness (QED) is 0.0428. The Kier molecular flexibility index (Phi) is 37.2. The van der Waals surface area contributed by atoms with E-state index in [0.717, 1.165) is 19.3 Å². The number of allylic oxidation sites excluding steroid dienone is 2. The predicted octanol–water partition coefficient (Wildman–Crippen LogP) is 15.2. The van der Waals surface area contributed by atoms with Gasteiger partial charge in [0, 0.05) is 0 Å². The lowest BCUT2D eigenvalue weighted by molar-refractivity contribution is -0.132. The first-order valence-corrected chi connectivity index (χ1v) is 20.3. The van der Waals surface area contributed by atoms with Crippen molar-refractivity contribution in [2.24, 2.45) is 0 Å². The Balaban J connectivity index is 3.50. The average Bonchev–Trinajstić information content (AvgIpc) is 3.02. The van der Waals surface area contributed by atoms with Crippen molar-refractivity contribution >= 4 is 5.97 Å². The number of hydrogen-bond donors (Lipinski definition) is 1. The van der Waals surface area contributed by atoms with Crippen molar-refractivity contribution in [3.8, 4) is 0 Å². The molecular weight excluding hydrogens is 536 g/mol. The van der Waals surface area contributed by atoms with Crippen molar-refractivity contribution in [1.82, 2.24) is 0 Å². The minimum Gasteiger partial charge on any atom is -0.478 e. The van der Waals surface area contributed by atoms with Crippen LogP contribution < -0.4 is 0 Å². The van der Waals surface area contributed by atoms with Crippen LogP contribution in [-0.4, -0.2) is 11.1 Å². The van der Waals surface area contributed by atoms with E-state index in [0.29, 0.717) is 5.57 Å². The van der Waals surface area contributed by atoms with E-state index in [-0.39, 0.29) is 0 Å². The Bertz CT molecular complexity index is 619. The second-order valence-electron chi connectivity index (χ2n) is 13.9. The highest BCUT2D eigenvalue weighted by Crippen LogP contribution is 2.16. The third-order valence-electron chi connectivity index (χ3n) is 9.44. The lowest BCUT2D eigenvalue weighted by atomic mass is 10.0. The van der Waals surface area contributed by atoms with Gasteiger partial charge in [-0.25, -0.2) is 4.79 Å². The van der Waals surface area contributed by atoms with Crippen molar-refractivity contribution in [1.29, 1.82) is 0 Å². The molecule has 0 saturated heterocycles. The first kappa shape index (κ1) is 43.0. The standard InChI is InChI=1S/C42H80O2/c1-3-5-7-9-11-13-15-17-19-21-23-25-27-29-31-33-35-37-39-41(42(43)44)40-38-36-34-32-30-28-26-24-22-20-18-16-14-12-10-8-6-4-2/h37,39-40H,3-36,38H2,1-2H3,(H,43,44). The third kappa shape index (κ3) is 35.4. The highest BCUT2D eigenvalue weighted by molar-refractivity contribution is 5.89. The maximum Gasteiger partial charge on any atom is 0.335 e. The Labute approximate surface area is 277 Å². The Morgan fingerprint density at radius 2 is 0.636 bits per heavy atom. The van der Waals surface area contributed by atoms with E-state index in [1.165, 1.54) is 205 Å². The zero-order valence-corrected chi connectivity index (χ0v) is 30.3. The van der Waals surface area contributed by atoms with Crippen LogP contribution in [0, 0.1) is 0 Å². The Hall–Kier alpha value is -1.05. The Morgan fingerprint density at radius 3 is 0.909 bits per heavy atom. The molecule has 0 amide bonds. The molecule has 0 aliphatic carbocycles. The van der Waals surface area contributed by atoms with Crippen molar-refractivity contribution in [2.75, 3.05) is 0 Å². The largest absolute Gasteiger partial charge is 0.478 e. The predicted molar refractivity (Wildman–Crippen MR) is 198 cm³/mol. The number of carboxylic acid groups (broad SMARTS) is 1. The molecule has 0 bridgehead atoms. The van der Waals surface area contributed by atoms with Gasteiger partial charge in [-0.1, -0.05) is 231 Å². The number of carboxylic acids is 1. The van der Waals surface area contributed by atoms with E-state index in [9.17, 15) is 9.90 Å². The molecule has 2 heteroatoms. The van der Waals surface area contributed by atoms with Crippen LogP contribution in [-0.2, 0) is 4.79 Å². The van der Waals surface area contributed by atoms with Gasteiger partial charge in [-0.3, -0.25) is 0 Å². The topological polar surface area (TPSA) is 37.3 Å². The molecule has 0 spiro atoms. The van der Waals surface area contributed by atoms with Gasteiger partial charge < -0.3 is 5.11 Å². The van der Waals surface area contributed by atoms with Crippen molar-refractivity contribution < 1.29 is 9.90 Å². The highest BCUT2D eigenvalue weighted by atomic mass is 16.4. The lowest BCUT2D eigenvalue weighted by Crippen LogP contribution is -1.97. The molecule has 0 heterocycles. The number of carbonyl (C=O) groups is 1. The molecule has 0 aliphatic heterocycles. The summed E-state index contributed by atoms with van der Waals surface area (Å²) in [5, 5.41) is 9.54. The number of rotatable bonds is 37. The minimum absolute atomic E-state index is 0.484. The molecule has 0 aromatic carbocycles. The Morgan fingerprint density at radius 1 is 0.386 bits per heavy atom.